The predicted octanol–water partition coefficient (Wildman–Crippen LogP) is 5.96. The van der Waals surface area contributed by atoms with Crippen LogP contribution in [0.15, 0.2) is 54.6 Å². The van der Waals surface area contributed by atoms with Crippen LogP contribution in [-0.4, -0.2) is 30.5 Å². The van der Waals surface area contributed by atoms with Crippen molar-refractivity contribution >= 4 is 38.8 Å². The number of nitrogens with two attached hydrogens (primary N) is 1. The summed E-state index contributed by atoms with van der Waals surface area (Å²) in [6.07, 6.45) is 4.26. The Morgan fingerprint density at radius 1 is 1.11 bits per heavy atom. The second-order valence-electron chi connectivity index (χ2n) is 9.07. The first-order valence-corrected chi connectivity index (χ1v) is 12.9. The summed E-state index contributed by atoms with van der Waals surface area (Å²) in [5, 5.41) is 3.82. The number of aromatic nitrogens is 1. The largest absolute Gasteiger partial charge is 0.397 e. The fourth-order valence-corrected chi connectivity index (χ4v) is 5.75. The maximum atomic E-state index is 14.0. The molecule has 0 atom stereocenters. The highest BCUT2D eigenvalue weighted by Gasteiger charge is 2.18. The molecule has 2 aromatic carbocycles. The molecule has 2 aromatic heterocycles. The standard InChI is InChI=1S/C28H29FN4OS/c1-18-8-10-22-25(30)26(35-28(22)32-18)27(34)31-13-12-19-9-11-24(33-14-3-2-4-15-33)23(16-19)20-6-5-7-21(29)17-20/h5-11,16-17H,2-4,12-15,30H2,1H3,(H,31,34). The molecule has 0 saturated carbocycles. The third-order valence-electron chi connectivity index (χ3n) is 6.53. The number of carbonyl (C=O) groups is 1. The Hall–Kier alpha value is -3.45. The smallest absolute Gasteiger partial charge is 0.263 e. The number of rotatable bonds is 6. The van der Waals surface area contributed by atoms with Crippen LogP contribution in [0.5, 0.6) is 0 Å². The molecule has 0 radical (unpaired) electrons. The predicted molar refractivity (Wildman–Crippen MR) is 143 cm³/mol. The van der Waals surface area contributed by atoms with Gasteiger partial charge in [0.05, 0.1) is 5.69 Å². The summed E-state index contributed by atoms with van der Waals surface area (Å²) >= 11 is 1.32. The number of aryl methyl sites for hydroxylation is 1. The number of halogens is 1. The molecule has 1 aliphatic heterocycles. The van der Waals surface area contributed by atoms with Crippen LogP contribution in [0, 0.1) is 12.7 Å². The van der Waals surface area contributed by atoms with Crippen molar-refractivity contribution in [2.75, 3.05) is 30.3 Å². The van der Waals surface area contributed by atoms with E-state index in [0.29, 0.717) is 23.5 Å². The van der Waals surface area contributed by atoms with Crippen LogP contribution in [0.3, 0.4) is 0 Å². The van der Waals surface area contributed by atoms with Gasteiger partial charge in [-0.1, -0.05) is 18.2 Å². The number of piperidine rings is 1. The van der Waals surface area contributed by atoms with E-state index in [1.807, 2.05) is 25.1 Å². The molecule has 0 spiro atoms. The summed E-state index contributed by atoms with van der Waals surface area (Å²) < 4.78 is 14.0. The highest BCUT2D eigenvalue weighted by Crippen LogP contribution is 2.35. The number of thiophene rings is 1. The van der Waals surface area contributed by atoms with Crippen LogP contribution >= 0.6 is 11.3 Å². The van der Waals surface area contributed by atoms with Gasteiger partial charge in [-0.15, -0.1) is 11.3 Å². The van der Waals surface area contributed by atoms with Crippen LogP contribution in [0.2, 0.25) is 0 Å². The van der Waals surface area contributed by atoms with Crippen molar-refractivity contribution in [3.63, 3.8) is 0 Å². The first-order valence-electron chi connectivity index (χ1n) is 12.1. The van der Waals surface area contributed by atoms with E-state index in [1.54, 1.807) is 12.1 Å². The minimum Gasteiger partial charge on any atom is -0.397 e. The average Bonchev–Trinajstić information content (AvgIpc) is 3.20. The minimum atomic E-state index is -0.240. The first kappa shape index (κ1) is 23.3. The van der Waals surface area contributed by atoms with Crippen molar-refractivity contribution in [1.29, 1.82) is 0 Å². The van der Waals surface area contributed by atoms with E-state index in [9.17, 15) is 9.18 Å². The number of pyridine rings is 1. The zero-order valence-electron chi connectivity index (χ0n) is 19.8. The molecule has 1 aliphatic rings. The maximum absolute atomic E-state index is 14.0. The van der Waals surface area contributed by atoms with E-state index in [0.717, 1.165) is 51.4 Å². The van der Waals surface area contributed by atoms with Crippen LogP contribution < -0.4 is 16.0 Å². The molecule has 7 heteroatoms. The number of nitrogen functional groups attached to an aromatic ring is 1. The zero-order valence-corrected chi connectivity index (χ0v) is 20.6. The summed E-state index contributed by atoms with van der Waals surface area (Å²) in [7, 11) is 0. The Bertz CT molecular complexity index is 1380. The molecule has 1 fully saturated rings. The molecule has 0 aliphatic carbocycles. The van der Waals surface area contributed by atoms with Crippen molar-refractivity contribution in [2.45, 2.75) is 32.6 Å². The lowest BCUT2D eigenvalue weighted by Gasteiger charge is -2.31. The molecule has 180 valence electrons. The van der Waals surface area contributed by atoms with Gasteiger partial charge < -0.3 is 16.0 Å². The van der Waals surface area contributed by atoms with Gasteiger partial charge in [0.1, 0.15) is 15.5 Å². The summed E-state index contributed by atoms with van der Waals surface area (Å²) in [5.74, 6) is -0.422. The van der Waals surface area contributed by atoms with E-state index >= 15 is 0 Å². The third kappa shape index (κ3) is 5.00. The number of nitrogens with one attached hydrogen (secondary N) is 1. The topological polar surface area (TPSA) is 71.2 Å². The molecule has 1 saturated heterocycles. The molecule has 5 nitrogen and oxygen atoms in total. The van der Waals surface area contributed by atoms with Gasteiger partial charge in [-0.05, 0) is 80.1 Å². The van der Waals surface area contributed by atoms with Crippen LogP contribution in [0.4, 0.5) is 15.8 Å². The molecule has 0 unspecified atom stereocenters. The number of fused-ring (bicyclic) bond motifs is 1. The van der Waals surface area contributed by atoms with E-state index in [4.69, 9.17) is 5.73 Å². The molecule has 0 bridgehead atoms. The fourth-order valence-electron chi connectivity index (χ4n) is 4.70. The highest BCUT2D eigenvalue weighted by atomic mass is 32.1. The van der Waals surface area contributed by atoms with Gasteiger partial charge in [0.2, 0.25) is 0 Å². The number of carbonyl (C=O) groups excluding carboxylic acids is 1. The maximum Gasteiger partial charge on any atom is 0.263 e. The van der Waals surface area contributed by atoms with Gasteiger partial charge >= 0.3 is 0 Å². The van der Waals surface area contributed by atoms with Gasteiger partial charge in [0, 0.05) is 42.0 Å². The summed E-state index contributed by atoms with van der Waals surface area (Å²) in [6, 6.07) is 17.0. The Kier molecular flexibility index (Phi) is 6.68. The normalized spacial score (nSPS) is 13.8. The van der Waals surface area contributed by atoms with E-state index in [-0.39, 0.29) is 11.7 Å². The second-order valence-corrected chi connectivity index (χ2v) is 10.1. The van der Waals surface area contributed by atoms with Gasteiger partial charge in [-0.25, -0.2) is 9.37 Å². The van der Waals surface area contributed by atoms with Crippen molar-refractivity contribution in [1.82, 2.24) is 10.3 Å². The number of anilines is 2. The lowest BCUT2D eigenvalue weighted by atomic mass is 9.97. The zero-order chi connectivity index (χ0) is 24.4. The molecule has 3 heterocycles. The van der Waals surface area contributed by atoms with Crippen LogP contribution in [-0.2, 0) is 6.42 Å². The number of hydrogen-bond acceptors (Lipinski definition) is 5. The molecule has 3 N–H and O–H groups in total. The average molecular weight is 489 g/mol. The second kappa shape index (κ2) is 10.0. The van der Waals surface area contributed by atoms with Gasteiger partial charge in [0.25, 0.3) is 5.91 Å². The summed E-state index contributed by atoms with van der Waals surface area (Å²) in [4.78, 5) is 21.0. The summed E-state index contributed by atoms with van der Waals surface area (Å²) in [5.41, 5.74) is 11.7. The molecule has 5 rings (SSSR count). The van der Waals surface area contributed by atoms with Crippen molar-refractivity contribution in [2.24, 2.45) is 0 Å². The van der Waals surface area contributed by atoms with E-state index in [1.165, 1.54) is 36.7 Å². The third-order valence-corrected chi connectivity index (χ3v) is 7.65. The molecule has 1 amide bonds. The van der Waals surface area contributed by atoms with Crippen LogP contribution in [0.1, 0.15) is 40.2 Å². The van der Waals surface area contributed by atoms with E-state index in [2.05, 4.69) is 33.4 Å². The molecule has 35 heavy (non-hydrogen) atoms. The summed E-state index contributed by atoms with van der Waals surface area (Å²) in [6.45, 7) is 4.43. The first-order chi connectivity index (χ1) is 17.0. The Morgan fingerprint density at radius 3 is 2.74 bits per heavy atom. The van der Waals surface area contributed by atoms with E-state index < -0.39 is 0 Å². The highest BCUT2D eigenvalue weighted by molar-refractivity contribution is 7.21. The van der Waals surface area contributed by atoms with Crippen molar-refractivity contribution in [3.05, 3.63) is 76.5 Å². The fraction of sp³-hybridized carbons (Fsp3) is 0.286. The Labute approximate surface area is 208 Å². The SMILES string of the molecule is Cc1ccc2c(N)c(C(=O)NCCc3ccc(N4CCCCC4)c(-c4cccc(F)c4)c3)sc2n1. The van der Waals surface area contributed by atoms with Crippen LogP contribution in [0.25, 0.3) is 21.3 Å². The molecular weight excluding hydrogens is 459 g/mol. The van der Waals surface area contributed by atoms with Gasteiger partial charge in [0.15, 0.2) is 0 Å². The van der Waals surface area contributed by atoms with Gasteiger partial charge in [-0.2, -0.15) is 0 Å². The van der Waals surface area contributed by atoms with Crippen molar-refractivity contribution < 1.29 is 9.18 Å². The Morgan fingerprint density at radius 2 is 1.94 bits per heavy atom. The number of amides is 1. The quantitative estimate of drug-likeness (QED) is 0.352. The number of benzene rings is 2. The van der Waals surface area contributed by atoms with Gasteiger partial charge in [-0.3, -0.25) is 4.79 Å². The lowest BCUT2D eigenvalue weighted by Crippen LogP contribution is -2.30. The Balaban J connectivity index is 1.33. The number of hydrogen-bond donors (Lipinski definition) is 2. The number of nitrogens with zero attached hydrogens (tertiary/aromatic N) is 2. The minimum absolute atomic E-state index is 0.182. The van der Waals surface area contributed by atoms with Crippen molar-refractivity contribution in [3.8, 4) is 11.1 Å². The monoisotopic (exact) mass is 488 g/mol. The lowest BCUT2D eigenvalue weighted by molar-refractivity contribution is 0.0959. The molecular formula is C28H29FN4OS. The molecule has 4 aromatic rings.